The van der Waals surface area contributed by atoms with E-state index >= 15 is 0 Å². The van der Waals surface area contributed by atoms with Gasteiger partial charge in [-0.15, -0.1) is 0 Å². The van der Waals surface area contributed by atoms with Crippen LogP contribution in [0.4, 0.5) is 0 Å². The summed E-state index contributed by atoms with van der Waals surface area (Å²) in [5, 5.41) is 20.3. The van der Waals surface area contributed by atoms with Gasteiger partial charge in [-0.25, -0.2) is 4.98 Å². The molecular formula is C24H25N3O. The first kappa shape index (κ1) is 17.5. The van der Waals surface area contributed by atoms with Crippen LogP contribution in [0.2, 0.25) is 0 Å². The molecule has 0 radical (unpaired) electrons. The van der Waals surface area contributed by atoms with E-state index in [1.54, 1.807) is 0 Å². The summed E-state index contributed by atoms with van der Waals surface area (Å²) in [6.07, 6.45) is 9.98. The van der Waals surface area contributed by atoms with E-state index in [1.807, 2.05) is 24.7 Å². The number of hydrogen-bond acceptors (Lipinski definition) is 3. The molecule has 2 aliphatic carbocycles. The molecule has 1 atom stereocenters. The van der Waals surface area contributed by atoms with Gasteiger partial charge in [-0.05, 0) is 85.6 Å². The number of pyridine rings is 1. The predicted molar refractivity (Wildman–Crippen MR) is 108 cm³/mol. The van der Waals surface area contributed by atoms with E-state index in [-0.39, 0.29) is 0 Å². The van der Waals surface area contributed by atoms with Crippen molar-refractivity contribution in [1.82, 2.24) is 9.38 Å². The average molecular weight is 371 g/mol. The van der Waals surface area contributed by atoms with E-state index in [1.165, 1.54) is 24.0 Å². The van der Waals surface area contributed by atoms with Crippen LogP contribution in [0.3, 0.4) is 0 Å². The van der Waals surface area contributed by atoms with Crippen LogP contribution in [0.5, 0.6) is 0 Å². The van der Waals surface area contributed by atoms with Gasteiger partial charge in [0.2, 0.25) is 0 Å². The molecule has 4 nitrogen and oxygen atoms in total. The minimum atomic E-state index is -0.435. The molecule has 2 heterocycles. The van der Waals surface area contributed by atoms with Crippen LogP contribution in [0.1, 0.15) is 78.8 Å². The molecule has 0 bridgehead atoms. The molecule has 0 amide bonds. The molecule has 2 aliphatic rings. The van der Waals surface area contributed by atoms with Crippen LogP contribution in [0.25, 0.3) is 5.52 Å². The SMILES string of the molecule is N#Cc1ccc(C2CCC([C@@H](O)c3c(C4CC4)ccc4cncn34)CC2)cc1. The van der Waals surface area contributed by atoms with Crippen molar-refractivity contribution in [2.24, 2.45) is 5.92 Å². The molecule has 142 valence electrons. The second kappa shape index (κ2) is 7.07. The molecule has 1 N–H and O–H groups in total. The van der Waals surface area contributed by atoms with Gasteiger partial charge in [0.15, 0.2) is 0 Å². The van der Waals surface area contributed by atoms with Gasteiger partial charge >= 0.3 is 0 Å². The second-order valence-electron chi connectivity index (χ2n) is 8.43. The Morgan fingerprint density at radius 1 is 0.964 bits per heavy atom. The van der Waals surface area contributed by atoms with Crippen LogP contribution in [-0.4, -0.2) is 14.5 Å². The molecule has 0 aliphatic heterocycles. The zero-order chi connectivity index (χ0) is 19.1. The van der Waals surface area contributed by atoms with E-state index in [2.05, 4.69) is 39.7 Å². The number of hydrogen-bond donors (Lipinski definition) is 1. The van der Waals surface area contributed by atoms with E-state index in [9.17, 15) is 5.11 Å². The zero-order valence-corrected chi connectivity index (χ0v) is 16.0. The molecule has 2 saturated carbocycles. The number of rotatable bonds is 4. The number of benzene rings is 1. The number of aliphatic hydroxyl groups excluding tert-OH is 1. The third kappa shape index (κ3) is 3.10. The lowest BCUT2D eigenvalue weighted by Crippen LogP contribution is -2.22. The standard InChI is InChI=1S/C24H25N3O/c25-13-16-1-3-17(4-2-16)18-5-9-20(10-6-18)24(28)23-22(19-7-8-19)12-11-21-14-26-15-27(21)23/h1-4,11-12,14-15,18-20,24,28H,5-10H2/t18?,20?,24-/m1/s1. The number of nitriles is 1. The smallest absolute Gasteiger partial charge is 0.0995 e. The highest BCUT2D eigenvalue weighted by Crippen LogP contribution is 2.47. The monoisotopic (exact) mass is 371 g/mol. The largest absolute Gasteiger partial charge is 0.387 e. The van der Waals surface area contributed by atoms with E-state index < -0.39 is 6.10 Å². The third-order valence-corrected chi connectivity index (χ3v) is 6.68. The molecule has 1 aromatic carbocycles. The molecule has 0 unspecified atom stereocenters. The normalized spacial score (nSPS) is 23.4. The molecular weight excluding hydrogens is 346 g/mol. The molecule has 0 spiro atoms. The maximum absolute atomic E-state index is 11.4. The molecule has 2 aromatic heterocycles. The van der Waals surface area contributed by atoms with Gasteiger partial charge < -0.3 is 9.51 Å². The summed E-state index contributed by atoms with van der Waals surface area (Å²) in [5.41, 5.74) is 5.48. The topological polar surface area (TPSA) is 61.3 Å². The molecule has 28 heavy (non-hydrogen) atoms. The first-order valence-electron chi connectivity index (χ1n) is 10.4. The molecule has 5 rings (SSSR count). The Kier molecular flexibility index (Phi) is 4.41. The van der Waals surface area contributed by atoms with Crippen LogP contribution in [-0.2, 0) is 0 Å². The Labute approximate surface area is 165 Å². The number of aliphatic hydroxyl groups is 1. The summed E-state index contributed by atoms with van der Waals surface area (Å²) in [5.74, 6) is 1.43. The Balaban J connectivity index is 1.35. The minimum absolute atomic E-state index is 0.292. The number of nitrogens with zero attached hydrogens (tertiary/aromatic N) is 3. The number of fused-ring (bicyclic) bond motifs is 1. The fourth-order valence-corrected chi connectivity index (χ4v) is 4.90. The van der Waals surface area contributed by atoms with E-state index in [0.29, 0.717) is 23.3 Å². The molecule has 2 fully saturated rings. The summed E-state index contributed by atoms with van der Waals surface area (Å²) in [6, 6.07) is 14.5. The second-order valence-corrected chi connectivity index (χ2v) is 8.43. The molecule has 0 saturated heterocycles. The summed E-state index contributed by atoms with van der Waals surface area (Å²) < 4.78 is 2.10. The van der Waals surface area contributed by atoms with Crippen molar-refractivity contribution >= 4 is 5.52 Å². The Bertz CT molecular complexity index is 1020. The van der Waals surface area contributed by atoms with Crippen molar-refractivity contribution in [3.8, 4) is 6.07 Å². The Morgan fingerprint density at radius 3 is 2.36 bits per heavy atom. The van der Waals surface area contributed by atoms with Crippen molar-refractivity contribution in [2.45, 2.75) is 56.5 Å². The highest BCUT2D eigenvalue weighted by Gasteiger charge is 2.34. The van der Waals surface area contributed by atoms with Crippen molar-refractivity contribution in [3.05, 3.63) is 71.3 Å². The Morgan fingerprint density at radius 2 is 1.68 bits per heavy atom. The number of aromatic nitrogens is 2. The highest BCUT2D eigenvalue weighted by molar-refractivity contribution is 5.50. The zero-order valence-electron chi connectivity index (χ0n) is 16.0. The first-order chi connectivity index (χ1) is 13.7. The Hall–Kier alpha value is -2.64. The minimum Gasteiger partial charge on any atom is -0.387 e. The van der Waals surface area contributed by atoms with Crippen molar-refractivity contribution in [1.29, 1.82) is 5.26 Å². The van der Waals surface area contributed by atoms with Gasteiger partial charge in [0, 0.05) is 0 Å². The quantitative estimate of drug-likeness (QED) is 0.695. The van der Waals surface area contributed by atoms with Gasteiger partial charge in [-0.1, -0.05) is 18.2 Å². The lowest BCUT2D eigenvalue weighted by Gasteiger charge is -2.33. The van der Waals surface area contributed by atoms with E-state index in [4.69, 9.17) is 5.26 Å². The van der Waals surface area contributed by atoms with Crippen LogP contribution in [0.15, 0.2) is 48.9 Å². The van der Waals surface area contributed by atoms with Crippen molar-refractivity contribution in [3.63, 3.8) is 0 Å². The van der Waals surface area contributed by atoms with Crippen molar-refractivity contribution in [2.75, 3.05) is 0 Å². The van der Waals surface area contributed by atoms with Gasteiger partial charge in [0.05, 0.1) is 41.5 Å². The lowest BCUT2D eigenvalue weighted by atomic mass is 9.75. The fraction of sp³-hybridized carbons (Fsp3) is 0.417. The summed E-state index contributed by atoms with van der Waals surface area (Å²) >= 11 is 0. The van der Waals surface area contributed by atoms with Gasteiger partial charge in [0.25, 0.3) is 0 Å². The van der Waals surface area contributed by atoms with Crippen molar-refractivity contribution < 1.29 is 5.11 Å². The maximum Gasteiger partial charge on any atom is 0.0995 e. The van der Waals surface area contributed by atoms with Crippen LogP contribution >= 0.6 is 0 Å². The van der Waals surface area contributed by atoms with Crippen LogP contribution in [0, 0.1) is 17.2 Å². The maximum atomic E-state index is 11.4. The predicted octanol–water partition coefficient (Wildman–Crippen LogP) is 5.09. The summed E-state index contributed by atoms with van der Waals surface area (Å²) in [4.78, 5) is 4.31. The first-order valence-corrected chi connectivity index (χ1v) is 10.4. The summed E-state index contributed by atoms with van der Waals surface area (Å²) in [6.45, 7) is 0. The van der Waals surface area contributed by atoms with Gasteiger partial charge in [0.1, 0.15) is 0 Å². The highest BCUT2D eigenvalue weighted by atomic mass is 16.3. The van der Waals surface area contributed by atoms with Crippen LogP contribution < -0.4 is 0 Å². The fourth-order valence-electron chi connectivity index (χ4n) is 4.90. The average Bonchev–Trinajstić information content (AvgIpc) is 3.49. The van der Waals surface area contributed by atoms with E-state index in [0.717, 1.165) is 36.9 Å². The lowest BCUT2D eigenvalue weighted by molar-refractivity contribution is 0.0754. The van der Waals surface area contributed by atoms with Gasteiger partial charge in [-0.2, -0.15) is 5.26 Å². The number of imidazole rings is 1. The summed E-state index contributed by atoms with van der Waals surface area (Å²) in [7, 11) is 0. The third-order valence-electron chi connectivity index (χ3n) is 6.68. The molecule has 3 aromatic rings. The van der Waals surface area contributed by atoms with Gasteiger partial charge in [-0.3, -0.25) is 0 Å². The molecule has 4 heteroatoms.